The van der Waals surface area contributed by atoms with Crippen molar-refractivity contribution in [2.75, 3.05) is 24.8 Å². The number of hydrogen-bond acceptors (Lipinski definition) is 7. The van der Waals surface area contributed by atoms with E-state index in [-0.39, 0.29) is 18.7 Å². The van der Waals surface area contributed by atoms with E-state index in [1.807, 2.05) is 28.8 Å². The third-order valence-corrected chi connectivity index (χ3v) is 4.86. The van der Waals surface area contributed by atoms with Crippen LogP contribution in [0.25, 0.3) is 11.7 Å². The Bertz CT molecular complexity index is 1060. The van der Waals surface area contributed by atoms with Crippen LogP contribution >= 0.6 is 0 Å². The van der Waals surface area contributed by atoms with Gasteiger partial charge in [0.25, 0.3) is 0 Å². The summed E-state index contributed by atoms with van der Waals surface area (Å²) in [6, 6.07) is 5.64. The average Bonchev–Trinajstić information content (AvgIpc) is 3.45. The molecule has 1 saturated heterocycles. The minimum atomic E-state index is -0.127. The first-order valence-corrected chi connectivity index (χ1v) is 9.04. The molecule has 3 aromatic rings. The first kappa shape index (κ1) is 16.5. The molecule has 2 aromatic heterocycles. The van der Waals surface area contributed by atoms with E-state index in [1.165, 1.54) is 6.08 Å². The van der Waals surface area contributed by atoms with Crippen molar-refractivity contribution < 1.29 is 14.3 Å². The van der Waals surface area contributed by atoms with Gasteiger partial charge in [0.2, 0.25) is 18.3 Å². The topological polar surface area (TPSA) is 93.9 Å². The molecule has 1 fully saturated rings. The van der Waals surface area contributed by atoms with Crippen LogP contribution in [-0.4, -0.2) is 51.4 Å². The van der Waals surface area contributed by atoms with Gasteiger partial charge in [-0.15, -0.1) is 10.2 Å². The Morgan fingerprint density at radius 2 is 2.21 bits per heavy atom. The Morgan fingerprint density at radius 3 is 3.18 bits per heavy atom. The Morgan fingerprint density at radius 1 is 1.29 bits per heavy atom. The molecular formula is C19H18N6O3. The van der Waals surface area contributed by atoms with Gasteiger partial charge < -0.3 is 19.7 Å². The van der Waals surface area contributed by atoms with Crippen LogP contribution in [-0.2, 0) is 4.79 Å². The molecule has 9 nitrogen and oxygen atoms in total. The van der Waals surface area contributed by atoms with Crippen LogP contribution in [0.1, 0.15) is 12.0 Å². The first-order valence-electron chi connectivity index (χ1n) is 9.04. The number of amides is 1. The summed E-state index contributed by atoms with van der Waals surface area (Å²) in [5, 5.41) is 11.1. The smallest absolute Gasteiger partial charge is 0.244 e. The van der Waals surface area contributed by atoms with Crippen molar-refractivity contribution in [2.45, 2.75) is 12.5 Å². The number of nitrogens with one attached hydrogen (secondary N) is 1. The molecule has 1 atom stereocenters. The number of aromatic nitrogens is 4. The van der Waals surface area contributed by atoms with Gasteiger partial charge in [0.15, 0.2) is 17.3 Å². The van der Waals surface area contributed by atoms with E-state index in [0.29, 0.717) is 12.3 Å². The Balaban J connectivity index is 1.21. The molecule has 0 bridgehead atoms. The molecule has 1 amide bonds. The zero-order valence-corrected chi connectivity index (χ0v) is 15.0. The largest absolute Gasteiger partial charge is 0.454 e. The number of fused-ring (bicyclic) bond motifs is 2. The van der Waals surface area contributed by atoms with Gasteiger partial charge in [-0.25, -0.2) is 4.98 Å². The fourth-order valence-electron chi connectivity index (χ4n) is 3.48. The fraction of sp³-hybridized carbons (Fsp3) is 0.263. The maximum Gasteiger partial charge on any atom is 0.244 e. The zero-order chi connectivity index (χ0) is 18.9. The number of carbonyl (C=O) groups is 1. The molecule has 2 aliphatic heterocycles. The van der Waals surface area contributed by atoms with Crippen molar-refractivity contribution in [3.05, 3.63) is 48.6 Å². The Hall–Kier alpha value is -3.62. The Kier molecular flexibility index (Phi) is 4.04. The minimum absolute atomic E-state index is 0.0545. The summed E-state index contributed by atoms with van der Waals surface area (Å²) < 4.78 is 12.5. The number of anilines is 1. The van der Waals surface area contributed by atoms with E-state index < -0.39 is 0 Å². The molecule has 0 saturated carbocycles. The van der Waals surface area contributed by atoms with Crippen molar-refractivity contribution in [1.82, 2.24) is 24.9 Å². The van der Waals surface area contributed by atoms with Crippen LogP contribution in [0.4, 0.5) is 5.82 Å². The lowest BCUT2D eigenvalue weighted by molar-refractivity contribution is -0.117. The lowest BCUT2D eigenvalue weighted by atomic mass is 10.2. The second-order valence-electron chi connectivity index (χ2n) is 6.70. The van der Waals surface area contributed by atoms with Crippen LogP contribution in [0.15, 0.2) is 43.0 Å². The van der Waals surface area contributed by atoms with Crippen molar-refractivity contribution in [3.63, 3.8) is 0 Å². The number of carbonyl (C=O) groups excluding carboxylic acids is 1. The molecule has 1 unspecified atom stereocenters. The van der Waals surface area contributed by atoms with Crippen LogP contribution in [0, 0.1) is 0 Å². The molecule has 28 heavy (non-hydrogen) atoms. The van der Waals surface area contributed by atoms with Crippen molar-refractivity contribution in [2.24, 2.45) is 0 Å². The molecule has 1 aromatic carbocycles. The monoisotopic (exact) mass is 378 g/mol. The molecule has 4 heterocycles. The summed E-state index contributed by atoms with van der Waals surface area (Å²) in [5.41, 5.74) is 1.60. The van der Waals surface area contributed by atoms with Gasteiger partial charge in [-0.3, -0.25) is 9.20 Å². The van der Waals surface area contributed by atoms with E-state index in [2.05, 4.69) is 25.4 Å². The molecule has 0 spiro atoms. The van der Waals surface area contributed by atoms with Crippen LogP contribution in [0.3, 0.4) is 0 Å². The van der Waals surface area contributed by atoms with Crippen LogP contribution in [0.2, 0.25) is 0 Å². The van der Waals surface area contributed by atoms with E-state index in [1.54, 1.807) is 18.6 Å². The second kappa shape index (κ2) is 6.84. The molecule has 0 aliphatic carbocycles. The number of rotatable bonds is 4. The van der Waals surface area contributed by atoms with Gasteiger partial charge in [-0.05, 0) is 30.2 Å². The lowest BCUT2D eigenvalue weighted by Crippen LogP contribution is -2.36. The standard InChI is InChI=1S/C19H18N6O3/c26-17(4-2-13-1-3-15-16(9-13)28-12-27-15)22-14-5-7-24(10-14)18-19-23-21-11-25(19)8-6-20-18/h1-4,6,8-9,11,14H,5,7,10,12H2,(H,22,26)/b4-2+. The quantitative estimate of drug-likeness (QED) is 0.683. The molecule has 5 rings (SSSR count). The third kappa shape index (κ3) is 3.11. The average molecular weight is 378 g/mol. The number of benzene rings is 1. The number of ether oxygens (including phenoxy) is 2. The molecule has 0 radical (unpaired) electrons. The van der Waals surface area contributed by atoms with Crippen molar-refractivity contribution in [3.8, 4) is 11.5 Å². The van der Waals surface area contributed by atoms with Crippen LogP contribution < -0.4 is 19.7 Å². The van der Waals surface area contributed by atoms with Gasteiger partial charge in [-0.1, -0.05) is 6.07 Å². The zero-order valence-electron chi connectivity index (χ0n) is 15.0. The van der Waals surface area contributed by atoms with Gasteiger partial charge in [-0.2, -0.15) is 0 Å². The summed E-state index contributed by atoms with van der Waals surface area (Å²) in [6.07, 6.45) is 9.35. The second-order valence-corrected chi connectivity index (χ2v) is 6.70. The summed E-state index contributed by atoms with van der Waals surface area (Å²) in [5.74, 6) is 2.08. The number of hydrogen-bond donors (Lipinski definition) is 1. The summed E-state index contributed by atoms with van der Waals surface area (Å²) in [6.45, 7) is 1.72. The van der Waals surface area contributed by atoms with Crippen LogP contribution in [0.5, 0.6) is 11.5 Å². The summed E-state index contributed by atoms with van der Waals surface area (Å²) >= 11 is 0. The van der Waals surface area contributed by atoms with Gasteiger partial charge in [0, 0.05) is 37.6 Å². The van der Waals surface area contributed by atoms with E-state index in [0.717, 1.165) is 35.7 Å². The molecule has 2 aliphatic rings. The van der Waals surface area contributed by atoms with Crippen molar-refractivity contribution in [1.29, 1.82) is 0 Å². The SMILES string of the molecule is O=C(/C=C/c1ccc2c(c1)OCO2)NC1CCN(c2nccn3cnnc23)C1. The third-order valence-electron chi connectivity index (χ3n) is 4.86. The highest BCUT2D eigenvalue weighted by atomic mass is 16.7. The predicted octanol–water partition coefficient (Wildman–Crippen LogP) is 1.26. The maximum absolute atomic E-state index is 12.3. The van der Waals surface area contributed by atoms with Crippen molar-refractivity contribution >= 4 is 23.4 Å². The highest BCUT2D eigenvalue weighted by Crippen LogP contribution is 2.32. The Labute approximate surface area is 160 Å². The predicted molar refractivity (Wildman–Crippen MR) is 101 cm³/mol. The van der Waals surface area contributed by atoms with Gasteiger partial charge in [0.05, 0.1) is 0 Å². The maximum atomic E-state index is 12.3. The molecule has 142 valence electrons. The molecule has 9 heteroatoms. The summed E-state index contributed by atoms with van der Waals surface area (Å²) in [7, 11) is 0. The van der Waals surface area contributed by atoms with Gasteiger partial charge in [0.1, 0.15) is 6.33 Å². The first-order chi connectivity index (χ1) is 13.8. The van der Waals surface area contributed by atoms with E-state index in [9.17, 15) is 4.79 Å². The van der Waals surface area contributed by atoms with Gasteiger partial charge >= 0.3 is 0 Å². The lowest BCUT2D eigenvalue weighted by Gasteiger charge is -2.17. The number of nitrogens with zero attached hydrogens (tertiary/aromatic N) is 5. The highest BCUT2D eigenvalue weighted by Gasteiger charge is 2.26. The van der Waals surface area contributed by atoms with E-state index in [4.69, 9.17) is 9.47 Å². The molecular weight excluding hydrogens is 360 g/mol. The molecule has 1 N–H and O–H groups in total. The minimum Gasteiger partial charge on any atom is -0.454 e. The summed E-state index contributed by atoms with van der Waals surface area (Å²) in [4.78, 5) is 18.9. The fourth-order valence-corrected chi connectivity index (χ4v) is 3.48. The highest BCUT2D eigenvalue weighted by molar-refractivity contribution is 5.92. The normalized spacial score (nSPS) is 18.3. The van der Waals surface area contributed by atoms with E-state index >= 15 is 0 Å².